The molecule has 3 unspecified atom stereocenters. The maximum Gasteiger partial charge on any atom is 0.472 e. The van der Waals surface area contributed by atoms with Crippen LogP contribution >= 0.6 is 7.82 Å². The number of rotatable bonds is 65. The largest absolute Gasteiger partial charge is 0.472 e. The number of likely N-dealkylation sites (N-methyl/N-ethyl adjacent to an activating group) is 1. The molecule has 2 N–H and O–H groups in total. The molecule has 0 fully saturated rings. The van der Waals surface area contributed by atoms with Crippen molar-refractivity contribution in [1.29, 1.82) is 0 Å². The van der Waals surface area contributed by atoms with Gasteiger partial charge in [-0.25, -0.2) is 4.57 Å². The van der Waals surface area contributed by atoms with Gasteiger partial charge in [0, 0.05) is 12.8 Å². The van der Waals surface area contributed by atoms with Gasteiger partial charge in [-0.1, -0.05) is 297 Å². The molecule has 0 rings (SSSR count). The molecule has 0 saturated heterocycles. The predicted octanol–water partition coefficient (Wildman–Crippen LogP) is 23.2. The summed E-state index contributed by atoms with van der Waals surface area (Å²) in [5.74, 6) is -0.514. The number of amides is 1. The van der Waals surface area contributed by atoms with Crippen LogP contribution in [-0.4, -0.2) is 74.3 Å². The quantitative estimate of drug-likeness (QED) is 0.0205. The van der Waals surface area contributed by atoms with E-state index in [9.17, 15) is 19.0 Å². The number of hydrogen-bond acceptors (Lipinski definition) is 6. The van der Waals surface area contributed by atoms with E-state index in [1.165, 1.54) is 167 Å². The molecule has 3 atom stereocenters. The number of quaternary nitrogens is 1. The Balaban J connectivity index is 5.10. The number of phosphoric acid groups is 1. The minimum Gasteiger partial charge on any atom is -0.456 e. The zero-order valence-corrected chi connectivity index (χ0v) is 58.4. The molecule has 502 valence electrons. The molecule has 0 spiro atoms. The van der Waals surface area contributed by atoms with Crippen molar-refractivity contribution in [1.82, 2.24) is 5.32 Å². The van der Waals surface area contributed by atoms with Gasteiger partial charge in [-0.05, 0) is 115 Å². The lowest BCUT2D eigenvalue weighted by Gasteiger charge is -2.27. The van der Waals surface area contributed by atoms with E-state index in [1.54, 1.807) is 0 Å². The number of carbonyl (C=O) groups excluding carboxylic acids is 2. The highest BCUT2D eigenvalue weighted by atomic mass is 31.2. The fourth-order valence-corrected chi connectivity index (χ4v) is 10.9. The smallest absolute Gasteiger partial charge is 0.456 e. The summed E-state index contributed by atoms with van der Waals surface area (Å²) in [6, 6.07) is -0.861. The normalized spacial score (nSPS) is 14.1. The third-order valence-electron chi connectivity index (χ3n) is 15.7. The number of allylic oxidation sites excluding steroid dienone is 17. The van der Waals surface area contributed by atoms with E-state index in [0.29, 0.717) is 17.4 Å². The van der Waals surface area contributed by atoms with E-state index in [0.717, 1.165) is 116 Å². The Kier molecular flexibility index (Phi) is 63.1. The zero-order valence-electron chi connectivity index (χ0n) is 57.5. The van der Waals surface area contributed by atoms with E-state index in [2.05, 4.69) is 123 Å². The maximum atomic E-state index is 13.6. The zero-order chi connectivity index (χ0) is 63.5. The molecule has 0 aliphatic rings. The molecular weight excluding hydrogens is 1100 g/mol. The Bertz CT molecular complexity index is 1860. The summed E-state index contributed by atoms with van der Waals surface area (Å²) >= 11 is 0. The molecule has 0 radical (unpaired) electrons. The molecule has 0 aromatic rings. The van der Waals surface area contributed by atoms with Gasteiger partial charge in [-0.15, -0.1) is 0 Å². The van der Waals surface area contributed by atoms with E-state index >= 15 is 0 Å². The van der Waals surface area contributed by atoms with Crippen molar-refractivity contribution in [2.45, 2.75) is 328 Å². The first-order valence-electron chi connectivity index (χ1n) is 36.2. The molecule has 87 heavy (non-hydrogen) atoms. The van der Waals surface area contributed by atoms with Crippen LogP contribution in [0.1, 0.15) is 316 Å². The minimum absolute atomic E-state index is 0.0341. The highest BCUT2D eigenvalue weighted by Crippen LogP contribution is 2.43. The summed E-state index contributed by atoms with van der Waals surface area (Å²) in [5, 5.41) is 3.07. The van der Waals surface area contributed by atoms with Crippen molar-refractivity contribution < 1.29 is 37.3 Å². The van der Waals surface area contributed by atoms with Gasteiger partial charge in [0.05, 0.1) is 33.8 Å². The van der Waals surface area contributed by atoms with Crippen molar-refractivity contribution in [3.05, 3.63) is 109 Å². The number of ether oxygens (including phenoxy) is 1. The lowest BCUT2D eigenvalue weighted by Crippen LogP contribution is -2.47. The fraction of sp³-hybridized carbons (Fsp3) is 0.740. The first-order chi connectivity index (χ1) is 42.4. The Morgan fingerprint density at radius 2 is 0.736 bits per heavy atom. The minimum atomic E-state index is -4.46. The second-order valence-corrected chi connectivity index (χ2v) is 26.8. The summed E-state index contributed by atoms with van der Waals surface area (Å²) in [6.45, 7) is 6.89. The van der Waals surface area contributed by atoms with Crippen LogP contribution in [0, 0.1) is 0 Å². The van der Waals surface area contributed by atoms with Gasteiger partial charge in [-0.2, -0.15) is 0 Å². The Morgan fingerprint density at radius 3 is 1.13 bits per heavy atom. The molecule has 10 heteroatoms. The number of unbranched alkanes of at least 4 members (excludes halogenated alkanes) is 33. The lowest BCUT2D eigenvalue weighted by molar-refractivity contribution is -0.870. The highest BCUT2D eigenvalue weighted by Gasteiger charge is 2.30. The van der Waals surface area contributed by atoms with Gasteiger partial charge in [0.2, 0.25) is 5.91 Å². The molecule has 0 bridgehead atoms. The molecular formula is C77H138N2O7P+. The van der Waals surface area contributed by atoms with Gasteiger partial charge in [0.1, 0.15) is 19.3 Å². The van der Waals surface area contributed by atoms with Crippen LogP contribution in [0.3, 0.4) is 0 Å². The second-order valence-electron chi connectivity index (χ2n) is 25.4. The molecule has 0 heterocycles. The average molecular weight is 1230 g/mol. The predicted molar refractivity (Wildman–Crippen MR) is 378 cm³/mol. The molecule has 0 aromatic heterocycles. The standard InChI is InChI=1S/C77H137N2O7P/c1-7-10-13-16-19-22-25-28-30-32-34-36-37-38-39-40-41-43-45-47-49-52-55-58-61-64-67-70-77(81)86-75(68-65-62-59-56-53-50-27-24-21-18-15-12-9-3)74(73-85-87(82,83)84-72-71-79(4,5)6)78-76(80)69-66-63-60-57-54-51-48-46-44-42-35-33-31-29-26-23-20-17-14-11-8-2/h10,13,19-20,22-23,28-31,34-36,38-39,42,65,68,74-75H,7-9,11-12,14-18,21,24-27,32-33,37,40-41,43-64,66-67,69-73H2,1-6H3,(H-,78,80,82,83)/p+1/b13-10-,22-19-,23-20-,30-28-,31-29-,36-34-,39-38-,42-35-,68-65-. The van der Waals surface area contributed by atoms with E-state index in [-0.39, 0.29) is 31.5 Å². The summed E-state index contributed by atoms with van der Waals surface area (Å²) in [7, 11) is 1.48. The average Bonchev–Trinajstić information content (AvgIpc) is 3.70. The third kappa shape index (κ3) is 66.9. The van der Waals surface area contributed by atoms with Gasteiger partial charge >= 0.3 is 13.8 Å². The number of phosphoric ester groups is 1. The van der Waals surface area contributed by atoms with Crippen LogP contribution < -0.4 is 5.32 Å². The van der Waals surface area contributed by atoms with Crippen molar-refractivity contribution in [2.24, 2.45) is 0 Å². The maximum absolute atomic E-state index is 13.6. The molecule has 0 aromatic carbocycles. The van der Waals surface area contributed by atoms with Crippen LogP contribution in [0.2, 0.25) is 0 Å². The molecule has 0 saturated carbocycles. The van der Waals surface area contributed by atoms with Crippen molar-refractivity contribution in [2.75, 3.05) is 40.9 Å². The van der Waals surface area contributed by atoms with Gasteiger partial charge in [0.15, 0.2) is 0 Å². The third-order valence-corrected chi connectivity index (χ3v) is 16.7. The van der Waals surface area contributed by atoms with Gasteiger partial charge in [-0.3, -0.25) is 18.6 Å². The lowest BCUT2D eigenvalue weighted by atomic mass is 10.0. The van der Waals surface area contributed by atoms with Crippen LogP contribution in [0.15, 0.2) is 109 Å². The molecule has 0 aliphatic heterocycles. The van der Waals surface area contributed by atoms with Crippen LogP contribution in [0.5, 0.6) is 0 Å². The number of carbonyl (C=O) groups is 2. The number of nitrogens with one attached hydrogen (secondary N) is 1. The van der Waals surface area contributed by atoms with E-state index in [1.807, 2.05) is 33.3 Å². The highest BCUT2D eigenvalue weighted by molar-refractivity contribution is 7.47. The molecule has 9 nitrogen and oxygen atoms in total. The van der Waals surface area contributed by atoms with Gasteiger partial charge < -0.3 is 19.4 Å². The first kappa shape index (κ1) is 83.7. The fourth-order valence-electron chi connectivity index (χ4n) is 10.2. The summed E-state index contributed by atoms with van der Waals surface area (Å²) in [4.78, 5) is 38.0. The Morgan fingerprint density at radius 1 is 0.414 bits per heavy atom. The summed E-state index contributed by atoms with van der Waals surface area (Å²) < 4.78 is 30.9. The topological polar surface area (TPSA) is 111 Å². The Labute approximate surface area is 538 Å². The SMILES string of the molecule is CC/C=C\C/C=C\C/C=C\C/C=C\C/C=C\CCCCCCCCCCCCCC(=O)OC(/C=C\CCCCCCCCCCCCC)C(COP(=O)(O)OCC[N+](C)(C)C)NC(=O)CCCCCCCCCC/C=C\C/C=C\C/C=C\CCCCC. The van der Waals surface area contributed by atoms with Crippen molar-refractivity contribution in [3.63, 3.8) is 0 Å². The van der Waals surface area contributed by atoms with Crippen LogP contribution in [-0.2, 0) is 27.9 Å². The summed E-state index contributed by atoms with van der Waals surface area (Å²) in [6.07, 6.45) is 90.9. The van der Waals surface area contributed by atoms with Gasteiger partial charge in [0.25, 0.3) is 0 Å². The Hall–Kier alpha value is -3.33. The van der Waals surface area contributed by atoms with Crippen LogP contribution in [0.4, 0.5) is 0 Å². The molecule has 0 aliphatic carbocycles. The van der Waals surface area contributed by atoms with Crippen molar-refractivity contribution >= 4 is 19.7 Å². The number of esters is 1. The second kappa shape index (κ2) is 65.6. The molecule has 1 amide bonds. The monoisotopic (exact) mass is 1230 g/mol. The van der Waals surface area contributed by atoms with Crippen molar-refractivity contribution in [3.8, 4) is 0 Å². The summed E-state index contributed by atoms with van der Waals surface area (Å²) in [5.41, 5.74) is 0. The number of hydrogen-bond donors (Lipinski definition) is 2. The van der Waals surface area contributed by atoms with E-state index in [4.69, 9.17) is 13.8 Å². The number of nitrogens with zero attached hydrogens (tertiary/aromatic N) is 1. The van der Waals surface area contributed by atoms with Crippen LogP contribution in [0.25, 0.3) is 0 Å². The van der Waals surface area contributed by atoms with E-state index < -0.39 is 20.0 Å². The first-order valence-corrected chi connectivity index (χ1v) is 37.7.